The summed E-state index contributed by atoms with van der Waals surface area (Å²) in [5.74, 6) is 0. The molecule has 0 saturated carbocycles. The van der Waals surface area contributed by atoms with Crippen molar-refractivity contribution in [1.82, 2.24) is 0 Å². The molecule has 0 aliphatic carbocycles. The van der Waals surface area contributed by atoms with Gasteiger partial charge in [-0.05, 0) is 12.8 Å². The molecule has 0 amide bonds. The van der Waals surface area contributed by atoms with Crippen molar-refractivity contribution in [3.63, 3.8) is 0 Å². The highest BCUT2D eigenvalue weighted by Crippen LogP contribution is 1.99. The zero-order valence-corrected chi connectivity index (χ0v) is 5.64. The highest BCUT2D eigenvalue weighted by molar-refractivity contribution is 4.51. The van der Waals surface area contributed by atoms with Crippen LogP contribution >= 0.6 is 0 Å². The fourth-order valence-electron chi connectivity index (χ4n) is 0.540. The lowest BCUT2D eigenvalue weighted by molar-refractivity contribution is 0.144. The van der Waals surface area contributed by atoms with Gasteiger partial charge in [0, 0.05) is 13.7 Å². The zero-order chi connectivity index (χ0) is 7.11. The van der Waals surface area contributed by atoms with Crippen LogP contribution in [0.5, 0.6) is 0 Å². The molecule has 9 heavy (non-hydrogen) atoms. The van der Waals surface area contributed by atoms with Crippen molar-refractivity contribution < 1.29 is 14.2 Å². The van der Waals surface area contributed by atoms with Gasteiger partial charge >= 0.3 is 0 Å². The molecule has 3 heteroatoms. The normalized spacial score (nSPS) is 13.7. The molecule has 0 radical (unpaired) electrons. The van der Waals surface area contributed by atoms with E-state index in [0.29, 0.717) is 19.4 Å². The molecule has 0 aliphatic rings. The van der Waals surface area contributed by atoms with Crippen LogP contribution in [0.15, 0.2) is 0 Å². The monoisotopic (exact) mass is 136 g/mol. The number of methoxy groups -OCH3 is 1. The largest absolute Gasteiger partial charge is 0.393 e. The van der Waals surface area contributed by atoms with Crippen molar-refractivity contribution in [2.24, 2.45) is 0 Å². The lowest BCUT2D eigenvalue weighted by atomic mass is 10.2. The Labute approximate surface area is 54.6 Å². The molecule has 56 valence electrons. The predicted molar refractivity (Wildman–Crippen MR) is 33.1 cm³/mol. The molecular weight excluding hydrogens is 123 g/mol. The Hall–Kier alpha value is -0.150. The number of ether oxygens (including phenoxy) is 1. The molecule has 0 rings (SSSR count). The molecule has 0 heterocycles. The van der Waals surface area contributed by atoms with Gasteiger partial charge in [0.15, 0.2) is 0 Å². The quantitative estimate of drug-likeness (QED) is 0.565. The van der Waals surface area contributed by atoms with Gasteiger partial charge in [-0.25, -0.2) is 4.39 Å². The molecule has 1 atom stereocenters. The van der Waals surface area contributed by atoms with Gasteiger partial charge in [0.05, 0.1) is 6.61 Å². The van der Waals surface area contributed by atoms with Crippen molar-refractivity contribution in [2.75, 3.05) is 20.3 Å². The number of hydrogen-bond acceptors (Lipinski definition) is 2. The van der Waals surface area contributed by atoms with Crippen LogP contribution < -0.4 is 0 Å². The number of aliphatic hydroxyl groups is 1. The van der Waals surface area contributed by atoms with Gasteiger partial charge in [-0.3, -0.25) is 0 Å². The maximum atomic E-state index is 12.1. The molecule has 0 bridgehead atoms. The Morgan fingerprint density at radius 3 is 2.78 bits per heavy atom. The standard InChI is InChI=1S/C6H13FO2/c1-9-4-2-3-6(7)5-8/h6,8H,2-5H2,1H3. The Morgan fingerprint density at radius 1 is 1.67 bits per heavy atom. The minimum atomic E-state index is -1.07. The van der Waals surface area contributed by atoms with Crippen molar-refractivity contribution >= 4 is 0 Å². The van der Waals surface area contributed by atoms with Crippen LogP contribution in [0.2, 0.25) is 0 Å². The van der Waals surface area contributed by atoms with Gasteiger partial charge in [0.2, 0.25) is 0 Å². The first-order valence-corrected chi connectivity index (χ1v) is 3.05. The van der Waals surface area contributed by atoms with Gasteiger partial charge in [0.25, 0.3) is 0 Å². The van der Waals surface area contributed by atoms with Gasteiger partial charge < -0.3 is 9.84 Å². The molecular formula is C6H13FO2. The highest BCUT2D eigenvalue weighted by Gasteiger charge is 2.01. The molecule has 0 aromatic heterocycles. The van der Waals surface area contributed by atoms with Gasteiger partial charge in [-0.2, -0.15) is 0 Å². The summed E-state index contributed by atoms with van der Waals surface area (Å²) in [6.45, 7) is 0.199. The molecule has 0 fully saturated rings. The fourth-order valence-corrected chi connectivity index (χ4v) is 0.540. The van der Waals surface area contributed by atoms with Gasteiger partial charge in [-0.1, -0.05) is 0 Å². The first kappa shape index (κ1) is 8.85. The lowest BCUT2D eigenvalue weighted by Crippen LogP contribution is -2.06. The molecule has 1 unspecified atom stereocenters. The van der Waals surface area contributed by atoms with Crippen LogP contribution in [0.4, 0.5) is 4.39 Å². The van der Waals surface area contributed by atoms with E-state index in [1.807, 2.05) is 0 Å². The Morgan fingerprint density at radius 2 is 2.33 bits per heavy atom. The summed E-state index contributed by atoms with van der Waals surface area (Å²) < 4.78 is 16.8. The van der Waals surface area contributed by atoms with Gasteiger partial charge in [-0.15, -0.1) is 0 Å². The number of alkyl halides is 1. The third kappa shape index (κ3) is 5.73. The topological polar surface area (TPSA) is 29.5 Å². The summed E-state index contributed by atoms with van der Waals surface area (Å²) in [6.07, 6.45) is 0.00269. The SMILES string of the molecule is COCCCC(F)CO. The van der Waals surface area contributed by atoms with E-state index in [1.165, 1.54) is 0 Å². The van der Waals surface area contributed by atoms with Gasteiger partial charge in [0.1, 0.15) is 6.17 Å². The second-order valence-corrected chi connectivity index (χ2v) is 1.91. The minimum Gasteiger partial charge on any atom is -0.393 e. The van der Waals surface area contributed by atoms with E-state index >= 15 is 0 Å². The smallest absolute Gasteiger partial charge is 0.123 e. The van der Waals surface area contributed by atoms with E-state index in [9.17, 15) is 4.39 Å². The summed E-state index contributed by atoms with van der Waals surface area (Å²) in [5, 5.41) is 8.22. The molecule has 0 aromatic carbocycles. The van der Waals surface area contributed by atoms with Crippen LogP contribution in [0.3, 0.4) is 0 Å². The summed E-state index contributed by atoms with van der Waals surface area (Å²) in [4.78, 5) is 0. The van der Waals surface area contributed by atoms with Crippen LogP contribution in [0.1, 0.15) is 12.8 Å². The van der Waals surface area contributed by atoms with Crippen molar-refractivity contribution in [3.05, 3.63) is 0 Å². The van der Waals surface area contributed by atoms with Crippen molar-refractivity contribution in [3.8, 4) is 0 Å². The Balaban J connectivity index is 2.88. The van der Waals surface area contributed by atoms with Crippen molar-refractivity contribution in [1.29, 1.82) is 0 Å². The molecule has 0 spiro atoms. The van der Waals surface area contributed by atoms with E-state index in [1.54, 1.807) is 7.11 Å². The number of halogens is 1. The highest BCUT2D eigenvalue weighted by atomic mass is 19.1. The van der Waals surface area contributed by atoms with Crippen LogP contribution in [-0.2, 0) is 4.74 Å². The molecule has 2 nitrogen and oxygen atoms in total. The average molecular weight is 136 g/mol. The zero-order valence-electron chi connectivity index (χ0n) is 5.64. The first-order valence-electron chi connectivity index (χ1n) is 3.05. The molecule has 0 saturated heterocycles. The van der Waals surface area contributed by atoms with Crippen molar-refractivity contribution in [2.45, 2.75) is 19.0 Å². The van der Waals surface area contributed by atoms with E-state index in [4.69, 9.17) is 5.11 Å². The average Bonchev–Trinajstić information content (AvgIpc) is 1.89. The summed E-state index contributed by atoms with van der Waals surface area (Å²) >= 11 is 0. The third-order valence-electron chi connectivity index (χ3n) is 1.06. The summed E-state index contributed by atoms with van der Waals surface area (Å²) in [6, 6.07) is 0. The van der Waals surface area contributed by atoms with Crippen LogP contribution in [-0.4, -0.2) is 31.6 Å². The first-order chi connectivity index (χ1) is 4.31. The number of hydrogen-bond donors (Lipinski definition) is 1. The lowest BCUT2D eigenvalue weighted by Gasteiger charge is -2.01. The fraction of sp³-hybridized carbons (Fsp3) is 1.00. The second kappa shape index (κ2) is 5.98. The molecule has 1 N–H and O–H groups in total. The number of rotatable bonds is 5. The molecule has 0 aromatic rings. The van der Waals surface area contributed by atoms with E-state index in [0.717, 1.165) is 0 Å². The number of aliphatic hydroxyl groups excluding tert-OH is 1. The van der Waals surface area contributed by atoms with E-state index in [2.05, 4.69) is 4.74 Å². The maximum Gasteiger partial charge on any atom is 0.123 e. The molecule has 0 aliphatic heterocycles. The van der Waals surface area contributed by atoms with Crippen LogP contribution in [0, 0.1) is 0 Å². The summed E-state index contributed by atoms with van der Waals surface area (Å²) in [5.41, 5.74) is 0. The Kier molecular flexibility index (Phi) is 5.88. The third-order valence-corrected chi connectivity index (χ3v) is 1.06. The predicted octanol–water partition coefficient (Wildman–Crippen LogP) is 0.743. The minimum absolute atomic E-state index is 0.371. The Bertz CT molecular complexity index is 59.0. The maximum absolute atomic E-state index is 12.1. The van der Waals surface area contributed by atoms with Crippen LogP contribution in [0.25, 0.3) is 0 Å². The van der Waals surface area contributed by atoms with E-state index < -0.39 is 6.17 Å². The summed E-state index contributed by atoms with van der Waals surface area (Å²) in [7, 11) is 1.58. The van der Waals surface area contributed by atoms with E-state index in [-0.39, 0.29) is 6.61 Å². The second-order valence-electron chi connectivity index (χ2n) is 1.91.